The van der Waals surface area contributed by atoms with Crippen molar-refractivity contribution in [3.05, 3.63) is 27.5 Å². The second-order valence-electron chi connectivity index (χ2n) is 5.12. The van der Waals surface area contributed by atoms with Gasteiger partial charge < -0.3 is 25.2 Å². The summed E-state index contributed by atoms with van der Waals surface area (Å²) in [6.07, 6.45) is -2.78. The standard InChI is InChI=1S/C13H16N2O6S/c1-2-6-10(19)14-3-4-22-13(14)15(11(6)20)12-9(18)8(17)7(5-16)21-12/h3-4,7-9,12,16-18H,2,5H2,1H3/p+1/t7-,8-,9-,12-/m1/s1. The second kappa shape index (κ2) is 5.60. The van der Waals surface area contributed by atoms with Gasteiger partial charge in [0, 0.05) is 5.38 Å². The average molecular weight is 329 g/mol. The van der Waals surface area contributed by atoms with E-state index in [2.05, 4.69) is 0 Å². The highest BCUT2D eigenvalue weighted by atomic mass is 32.1. The van der Waals surface area contributed by atoms with Crippen molar-refractivity contribution in [2.75, 3.05) is 6.61 Å². The molecular weight excluding hydrogens is 312 g/mol. The maximum absolute atomic E-state index is 12.3. The molecule has 0 unspecified atom stereocenters. The van der Waals surface area contributed by atoms with Crippen molar-refractivity contribution in [3.63, 3.8) is 0 Å². The summed E-state index contributed by atoms with van der Waals surface area (Å²) in [7, 11) is 0. The van der Waals surface area contributed by atoms with E-state index in [9.17, 15) is 25.2 Å². The van der Waals surface area contributed by atoms with Gasteiger partial charge in [0.1, 0.15) is 30.1 Å². The van der Waals surface area contributed by atoms with Crippen LogP contribution in [0.15, 0.2) is 16.4 Å². The first-order valence-corrected chi connectivity index (χ1v) is 7.76. The molecule has 8 nitrogen and oxygen atoms in total. The van der Waals surface area contributed by atoms with Crippen molar-refractivity contribution in [2.45, 2.75) is 37.9 Å². The van der Waals surface area contributed by atoms with Gasteiger partial charge in [0.05, 0.1) is 6.61 Å². The molecule has 4 N–H and O–H groups in total. The summed E-state index contributed by atoms with van der Waals surface area (Å²) in [5.41, 5.74) is -0.145. The number of rotatable bonds is 3. The van der Waals surface area contributed by atoms with Crippen LogP contribution in [-0.2, 0) is 11.2 Å². The third-order valence-electron chi connectivity index (χ3n) is 3.90. The van der Waals surface area contributed by atoms with Crippen molar-refractivity contribution in [2.24, 2.45) is 0 Å². The van der Waals surface area contributed by atoms with Gasteiger partial charge in [-0.15, -0.1) is 0 Å². The number of ether oxygens (including phenoxy) is 1. The lowest BCUT2D eigenvalue weighted by Gasteiger charge is -2.15. The highest BCUT2D eigenvalue weighted by molar-refractivity contribution is 7.14. The van der Waals surface area contributed by atoms with E-state index in [0.717, 1.165) is 0 Å². The molecule has 2 aromatic rings. The Hall–Kier alpha value is -1.52. The molecule has 0 aromatic carbocycles. The molecule has 1 fully saturated rings. The summed E-state index contributed by atoms with van der Waals surface area (Å²) < 4.78 is 8.11. The topological polar surface area (TPSA) is 116 Å². The molecule has 3 heterocycles. The maximum atomic E-state index is 12.3. The quantitative estimate of drug-likeness (QED) is 0.511. The summed E-state index contributed by atoms with van der Waals surface area (Å²) in [6.45, 7) is 1.27. The molecule has 4 atom stereocenters. The van der Waals surface area contributed by atoms with Crippen molar-refractivity contribution in [3.8, 4) is 5.88 Å². The van der Waals surface area contributed by atoms with Gasteiger partial charge in [0.25, 0.3) is 5.88 Å². The van der Waals surface area contributed by atoms with Crippen LogP contribution in [0.25, 0.3) is 4.96 Å². The van der Waals surface area contributed by atoms with Gasteiger partial charge in [-0.1, -0.05) is 18.3 Å². The minimum absolute atomic E-state index is 0.189. The Morgan fingerprint density at radius 3 is 2.73 bits per heavy atom. The maximum Gasteiger partial charge on any atom is 0.353 e. The summed E-state index contributed by atoms with van der Waals surface area (Å²) in [5, 5.41) is 41.3. The highest BCUT2D eigenvalue weighted by Gasteiger charge is 2.48. The minimum atomic E-state index is -1.33. The SMILES string of the molecule is CCc1c(O)[n+]([C@@H]2O[C@H](CO)[C@@H](O)[C@H]2O)c2sccn2c1=O. The fourth-order valence-electron chi connectivity index (χ4n) is 2.71. The number of fused-ring (bicyclic) bond motifs is 1. The third-order valence-corrected chi connectivity index (χ3v) is 4.76. The molecule has 120 valence electrons. The van der Waals surface area contributed by atoms with Crippen LogP contribution in [-0.4, -0.2) is 49.7 Å². The second-order valence-corrected chi connectivity index (χ2v) is 5.99. The number of aromatic hydroxyl groups is 1. The van der Waals surface area contributed by atoms with E-state index in [1.807, 2.05) is 0 Å². The first kappa shape index (κ1) is 15.4. The molecule has 0 saturated carbocycles. The van der Waals surface area contributed by atoms with Gasteiger partial charge >= 0.3 is 10.5 Å². The molecule has 3 rings (SSSR count). The van der Waals surface area contributed by atoms with Gasteiger partial charge in [-0.25, -0.2) is 4.79 Å². The molecule has 22 heavy (non-hydrogen) atoms. The lowest BCUT2D eigenvalue weighted by atomic mass is 10.1. The zero-order valence-electron chi connectivity index (χ0n) is 11.8. The zero-order valence-corrected chi connectivity index (χ0v) is 12.6. The molecule has 2 aromatic heterocycles. The van der Waals surface area contributed by atoms with Gasteiger partial charge in [0.2, 0.25) is 6.23 Å². The molecule has 1 aliphatic rings. The molecule has 0 radical (unpaired) electrons. The molecular formula is C13H17N2O6S+. The Bertz CT molecular complexity index is 757. The Labute approximate surface area is 129 Å². The zero-order chi connectivity index (χ0) is 16.0. The molecule has 0 amide bonds. The lowest BCUT2D eigenvalue weighted by Crippen LogP contribution is -2.49. The lowest BCUT2D eigenvalue weighted by molar-refractivity contribution is -0.749. The van der Waals surface area contributed by atoms with Crippen LogP contribution >= 0.6 is 11.3 Å². The van der Waals surface area contributed by atoms with Crippen molar-refractivity contribution < 1.29 is 29.7 Å². The fraction of sp³-hybridized carbons (Fsp3) is 0.538. The van der Waals surface area contributed by atoms with Crippen LogP contribution in [0.5, 0.6) is 5.88 Å². The van der Waals surface area contributed by atoms with E-state index in [1.165, 1.54) is 20.3 Å². The number of nitrogens with zero attached hydrogens (tertiary/aromatic N) is 2. The van der Waals surface area contributed by atoms with Gasteiger partial charge in [-0.05, 0) is 6.42 Å². The number of hydrogen-bond donors (Lipinski definition) is 4. The number of aliphatic hydroxyl groups excluding tert-OH is 3. The average Bonchev–Trinajstić information content (AvgIpc) is 3.08. The number of aliphatic hydroxyl groups is 3. The molecule has 9 heteroatoms. The number of thiazole rings is 1. The monoisotopic (exact) mass is 329 g/mol. The largest absolute Gasteiger partial charge is 0.477 e. The van der Waals surface area contributed by atoms with Crippen LogP contribution < -0.4 is 10.1 Å². The summed E-state index contributed by atoms with van der Waals surface area (Å²) in [4.78, 5) is 12.6. The third kappa shape index (κ3) is 2.05. The van der Waals surface area contributed by atoms with E-state index in [-0.39, 0.29) is 17.0 Å². The normalized spacial score (nSPS) is 28.5. The summed E-state index contributed by atoms with van der Waals surface area (Å²) >= 11 is 1.19. The van der Waals surface area contributed by atoms with Crippen molar-refractivity contribution in [1.29, 1.82) is 0 Å². The Kier molecular flexibility index (Phi) is 3.91. The molecule has 1 aliphatic heterocycles. The highest BCUT2D eigenvalue weighted by Crippen LogP contribution is 2.28. The predicted molar refractivity (Wildman–Crippen MR) is 75.8 cm³/mol. The Morgan fingerprint density at radius 2 is 2.14 bits per heavy atom. The van der Waals surface area contributed by atoms with E-state index in [4.69, 9.17) is 4.74 Å². The van der Waals surface area contributed by atoms with Crippen molar-refractivity contribution >= 4 is 16.3 Å². The van der Waals surface area contributed by atoms with Crippen molar-refractivity contribution in [1.82, 2.24) is 4.40 Å². The number of hydrogen-bond acceptors (Lipinski definition) is 7. The predicted octanol–water partition coefficient (Wildman–Crippen LogP) is -1.47. The molecule has 0 bridgehead atoms. The van der Waals surface area contributed by atoms with E-state index >= 15 is 0 Å². The Balaban J connectivity index is 2.23. The van der Waals surface area contributed by atoms with Crippen LogP contribution in [0.4, 0.5) is 0 Å². The number of aromatic nitrogens is 2. The fourth-order valence-corrected chi connectivity index (χ4v) is 3.57. The van der Waals surface area contributed by atoms with E-state index < -0.39 is 31.1 Å². The van der Waals surface area contributed by atoms with Crippen LogP contribution in [0.2, 0.25) is 0 Å². The van der Waals surface area contributed by atoms with E-state index in [0.29, 0.717) is 11.4 Å². The minimum Gasteiger partial charge on any atom is -0.477 e. The summed E-state index contributed by atoms with van der Waals surface area (Å²) in [5.74, 6) is -0.301. The smallest absolute Gasteiger partial charge is 0.353 e. The first-order valence-electron chi connectivity index (χ1n) is 6.88. The first-order chi connectivity index (χ1) is 10.5. The summed E-state index contributed by atoms with van der Waals surface area (Å²) in [6, 6.07) is 0. The van der Waals surface area contributed by atoms with Gasteiger partial charge in [0.15, 0.2) is 0 Å². The van der Waals surface area contributed by atoms with Gasteiger partial charge in [-0.3, -0.25) is 0 Å². The molecule has 0 spiro atoms. The molecule has 1 saturated heterocycles. The van der Waals surface area contributed by atoms with Crippen LogP contribution in [0.3, 0.4) is 0 Å². The van der Waals surface area contributed by atoms with E-state index in [1.54, 1.807) is 18.5 Å². The van der Waals surface area contributed by atoms with Gasteiger partial charge in [-0.2, -0.15) is 8.97 Å². The van der Waals surface area contributed by atoms with Crippen LogP contribution in [0.1, 0.15) is 18.7 Å². The van der Waals surface area contributed by atoms with Crippen LogP contribution in [0, 0.1) is 0 Å². The Morgan fingerprint density at radius 1 is 1.41 bits per heavy atom. The molecule has 0 aliphatic carbocycles.